The number of hydrogen-bond donors (Lipinski definition) is 1. The second-order valence-corrected chi connectivity index (χ2v) is 8.63. The maximum atomic E-state index is 13.0. The molecule has 0 spiro atoms. The largest absolute Gasteiger partial charge is 0.416 e. The quantitative estimate of drug-likeness (QED) is 0.379. The normalized spacial score (nSPS) is 13.8. The Bertz CT molecular complexity index is 1220. The minimum Gasteiger partial charge on any atom is -0.352 e. The number of piperazine rings is 1. The summed E-state index contributed by atoms with van der Waals surface area (Å²) in [6, 6.07) is 8.29. The van der Waals surface area contributed by atoms with Crippen LogP contribution in [0.1, 0.15) is 5.56 Å². The summed E-state index contributed by atoms with van der Waals surface area (Å²) in [7, 11) is 0. The monoisotopic (exact) mass is 530 g/mol. The zero-order valence-corrected chi connectivity index (χ0v) is 20.8. The van der Waals surface area contributed by atoms with Crippen LogP contribution in [0.25, 0.3) is 0 Å². The van der Waals surface area contributed by atoms with Crippen molar-refractivity contribution >= 4 is 41.0 Å². The molecular formula is C25H26ClF3N8. The van der Waals surface area contributed by atoms with Crippen LogP contribution in [0.2, 0.25) is 5.02 Å². The molecule has 37 heavy (non-hydrogen) atoms. The molecule has 1 aliphatic rings. The molecule has 0 amide bonds. The van der Waals surface area contributed by atoms with Crippen molar-refractivity contribution < 1.29 is 13.2 Å². The molecule has 3 heterocycles. The van der Waals surface area contributed by atoms with E-state index in [1.54, 1.807) is 24.4 Å². The fraction of sp³-hybridized carbons (Fsp3) is 0.280. The highest BCUT2D eigenvalue weighted by Crippen LogP contribution is 2.30. The number of benzene rings is 1. The van der Waals surface area contributed by atoms with Crippen molar-refractivity contribution in [2.45, 2.75) is 6.18 Å². The number of pyridine rings is 1. The highest BCUT2D eigenvalue weighted by molar-refractivity contribution is 6.32. The van der Waals surface area contributed by atoms with Gasteiger partial charge in [0.05, 0.1) is 10.6 Å². The third kappa shape index (κ3) is 6.48. The molecule has 12 heteroatoms. The molecule has 8 nitrogen and oxygen atoms in total. The van der Waals surface area contributed by atoms with E-state index in [-0.39, 0.29) is 5.95 Å². The van der Waals surface area contributed by atoms with E-state index in [2.05, 4.69) is 43.3 Å². The summed E-state index contributed by atoms with van der Waals surface area (Å²) in [5.41, 5.74) is -0.311. The summed E-state index contributed by atoms with van der Waals surface area (Å²) >= 11 is 6.32. The minimum absolute atomic E-state index is 0.216. The van der Waals surface area contributed by atoms with Gasteiger partial charge in [-0.1, -0.05) is 23.8 Å². The first-order valence-corrected chi connectivity index (χ1v) is 11.9. The highest BCUT2D eigenvalue weighted by Gasteiger charge is 2.30. The van der Waals surface area contributed by atoms with Crippen LogP contribution < -0.4 is 20.0 Å². The lowest BCUT2D eigenvalue weighted by Crippen LogP contribution is -2.47. The third-order valence-corrected chi connectivity index (χ3v) is 5.96. The van der Waals surface area contributed by atoms with E-state index in [4.69, 9.17) is 11.6 Å². The minimum atomic E-state index is -4.41. The molecule has 0 aliphatic carbocycles. The van der Waals surface area contributed by atoms with Gasteiger partial charge in [0.2, 0.25) is 17.8 Å². The summed E-state index contributed by atoms with van der Waals surface area (Å²) in [5, 5.41) is 3.60. The zero-order valence-electron chi connectivity index (χ0n) is 20.0. The molecule has 0 radical (unpaired) electrons. The number of alkyl halides is 3. The summed E-state index contributed by atoms with van der Waals surface area (Å²) in [4.78, 5) is 24.2. The van der Waals surface area contributed by atoms with Gasteiger partial charge in [-0.2, -0.15) is 28.1 Å². The summed E-state index contributed by atoms with van der Waals surface area (Å²) in [6.45, 7) is 11.1. The first kappa shape index (κ1) is 26.2. The van der Waals surface area contributed by atoms with E-state index in [1.807, 2.05) is 15.9 Å². The Kier molecular flexibility index (Phi) is 8.12. The van der Waals surface area contributed by atoms with Gasteiger partial charge in [0, 0.05) is 51.2 Å². The second-order valence-electron chi connectivity index (χ2n) is 8.22. The van der Waals surface area contributed by atoms with Gasteiger partial charge in [0.15, 0.2) is 0 Å². The van der Waals surface area contributed by atoms with Gasteiger partial charge in [-0.15, -0.1) is 13.2 Å². The topological polar surface area (TPSA) is 73.3 Å². The van der Waals surface area contributed by atoms with Gasteiger partial charge in [-0.3, -0.25) is 0 Å². The highest BCUT2D eigenvalue weighted by atomic mass is 35.5. The number of halogens is 4. The fourth-order valence-corrected chi connectivity index (χ4v) is 4.08. The SMILES string of the molecule is C=CCN(CC=C)c1nc(Nc2ccc(C(F)(F)F)cc2)nc(N2CCN(c3ncccc3Cl)CC2)n1. The molecule has 3 aromatic rings. The van der Waals surface area contributed by atoms with Crippen molar-refractivity contribution in [3.05, 3.63) is 78.5 Å². The van der Waals surface area contributed by atoms with E-state index < -0.39 is 11.7 Å². The molecule has 0 saturated carbocycles. The molecule has 194 valence electrons. The van der Waals surface area contributed by atoms with Gasteiger partial charge >= 0.3 is 6.18 Å². The predicted octanol–water partition coefficient (Wildman–Crippen LogP) is 5.19. The molecule has 4 rings (SSSR count). The standard InChI is InChI=1S/C25H26ClF3N8/c1-3-12-36(13-4-2)23-32-22(31-19-9-7-18(8-10-19)25(27,28)29)33-24(34-23)37-16-14-35(15-17-37)21-20(26)6-5-11-30-21/h3-11H,1-2,12-17H2,(H,31,32,33,34). The van der Waals surface area contributed by atoms with Gasteiger partial charge < -0.3 is 20.0 Å². The fourth-order valence-electron chi connectivity index (χ4n) is 3.84. The van der Waals surface area contributed by atoms with Crippen LogP contribution in [0.3, 0.4) is 0 Å². The van der Waals surface area contributed by atoms with Crippen LogP contribution in [0.15, 0.2) is 67.9 Å². The molecular weight excluding hydrogens is 505 g/mol. The van der Waals surface area contributed by atoms with Crippen molar-refractivity contribution in [1.82, 2.24) is 19.9 Å². The predicted molar refractivity (Wildman–Crippen MR) is 141 cm³/mol. The lowest BCUT2D eigenvalue weighted by molar-refractivity contribution is -0.137. The number of hydrogen-bond acceptors (Lipinski definition) is 8. The lowest BCUT2D eigenvalue weighted by Gasteiger charge is -2.36. The Morgan fingerprint density at radius 1 is 0.946 bits per heavy atom. The molecule has 1 aliphatic heterocycles. The molecule has 0 unspecified atom stereocenters. The van der Waals surface area contributed by atoms with Crippen LogP contribution in [-0.2, 0) is 6.18 Å². The van der Waals surface area contributed by atoms with Crippen molar-refractivity contribution in [3.8, 4) is 0 Å². The van der Waals surface area contributed by atoms with E-state index >= 15 is 0 Å². The van der Waals surface area contributed by atoms with Gasteiger partial charge in [-0.25, -0.2) is 4.98 Å². The first-order valence-electron chi connectivity index (χ1n) is 11.6. The van der Waals surface area contributed by atoms with E-state index in [0.717, 1.165) is 18.0 Å². The Labute approximate surface area is 218 Å². The van der Waals surface area contributed by atoms with Crippen molar-refractivity contribution in [3.63, 3.8) is 0 Å². The van der Waals surface area contributed by atoms with Crippen molar-refractivity contribution in [1.29, 1.82) is 0 Å². The summed E-state index contributed by atoms with van der Waals surface area (Å²) in [5.74, 6) is 1.79. The van der Waals surface area contributed by atoms with E-state index in [1.165, 1.54) is 12.1 Å². The molecule has 1 saturated heterocycles. The average Bonchev–Trinajstić information content (AvgIpc) is 2.89. The van der Waals surface area contributed by atoms with Crippen LogP contribution >= 0.6 is 11.6 Å². The average molecular weight is 531 g/mol. The zero-order chi connectivity index (χ0) is 26.4. The first-order chi connectivity index (χ1) is 17.8. The number of rotatable bonds is 9. The van der Waals surface area contributed by atoms with Crippen LogP contribution in [0.4, 0.5) is 42.5 Å². The van der Waals surface area contributed by atoms with Crippen LogP contribution in [0, 0.1) is 0 Å². The van der Waals surface area contributed by atoms with Gasteiger partial charge in [-0.05, 0) is 36.4 Å². The Morgan fingerprint density at radius 3 is 2.19 bits per heavy atom. The molecule has 1 aromatic carbocycles. The summed E-state index contributed by atoms with van der Waals surface area (Å²) in [6.07, 6.45) is 0.749. The van der Waals surface area contributed by atoms with E-state index in [9.17, 15) is 13.2 Å². The lowest BCUT2D eigenvalue weighted by atomic mass is 10.2. The van der Waals surface area contributed by atoms with Gasteiger partial charge in [0.25, 0.3) is 0 Å². The Balaban J connectivity index is 1.59. The summed E-state index contributed by atoms with van der Waals surface area (Å²) < 4.78 is 38.9. The molecule has 0 atom stereocenters. The molecule has 2 aromatic heterocycles. The maximum absolute atomic E-state index is 13.0. The number of nitrogens with one attached hydrogen (secondary N) is 1. The molecule has 0 bridgehead atoms. The van der Waals surface area contributed by atoms with Gasteiger partial charge in [0.1, 0.15) is 5.82 Å². The van der Waals surface area contributed by atoms with Crippen molar-refractivity contribution in [2.24, 2.45) is 0 Å². The van der Waals surface area contributed by atoms with Crippen LogP contribution in [0.5, 0.6) is 0 Å². The smallest absolute Gasteiger partial charge is 0.352 e. The Hall–Kier alpha value is -3.86. The van der Waals surface area contributed by atoms with Crippen LogP contribution in [-0.4, -0.2) is 59.2 Å². The molecule has 1 fully saturated rings. The number of anilines is 5. The third-order valence-electron chi connectivity index (χ3n) is 5.66. The number of nitrogens with zero attached hydrogens (tertiary/aromatic N) is 7. The second kappa shape index (κ2) is 11.5. The number of aromatic nitrogens is 4. The Morgan fingerprint density at radius 2 is 1.59 bits per heavy atom. The molecule has 1 N–H and O–H groups in total. The van der Waals surface area contributed by atoms with E-state index in [0.29, 0.717) is 61.9 Å². The van der Waals surface area contributed by atoms with Crippen molar-refractivity contribution in [2.75, 3.05) is 59.3 Å². The maximum Gasteiger partial charge on any atom is 0.416 e.